The van der Waals surface area contributed by atoms with Gasteiger partial charge in [-0.3, -0.25) is 4.57 Å². The van der Waals surface area contributed by atoms with Crippen LogP contribution in [0.4, 0.5) is 0 Å². The summed E-state index contributed by atoms with van der Waals surface area (Å²) in [6.45, 7) is 3.85. The highest BCUT2D eigenvalue weighted by atomic mass is 35.5. The first-order valence-corrected chi connectivity index (χ1v) is 6.57. The summed E-state index contributed by atoms with van der Waals surface area (Å²) in [5, 5.41) is 13.0. The number of nitrogens with zero attached hydrogens (tertiary/aromatic N) is 3. The second kappa shape index (κ2) is 6.37. The lowest BCUT2D eigenvalue weighted by atomic mass is 10.2. The third-order valence-corrected chi connectivity index (χ3v) is 3.15. The molecule has 0 atom stereocenters. The second-order valence-electron chi connectivity index (χ2n) is 4.19. The molecule has 1 heterocycles. The van der Waals surface area contributed by atoms with E-state index in [0.29, 0.717) is 10.8 Å². The van der Waals surface area contributed by atoms with Crippen LogP contribution in [0.15, 0.2) is 30.6 Å². The third kappa shape index (κ3) is 3.14. The SMILES string of the molecule is CCCNCc1ccc(-n2ccnc2C#N)cc1Cl. The average molecular weight is 275 g/mol. The number of benzene rings is 1. The van der Waals surface area contributed by atoms with Gasteiger partial charge in [0, 0.05) is 29.6 Å². The number of hydrogen-bond donors (Lipinski definition) is 1. The monoisotopic (exact) mass is 274 g/mol. The first kappa shape index (κ1) is 13.6. The number of rotatable bonds is 5. The highest BCUT2D eigenvalue weighted by Crippen LogP contribution is 2.21. The van der Waals surface area contributed by atoms with Crippen LogP contribution in [-0.2, 0) is 6.54 Å². The van der Waals surface area contributed by atoms with E-state index in [9.17, 15) is 0 Å². The van der Waals surface area contributed by atoms with Crippen molar-refractivity contribution in [2.75, 3.05) is 6.54 Å². The molecule has 19 heavy (non-hydrogen) atoms. The van der Waals surface area contributed by atoms with Gasteiger partial charge in [-0.1, -0.05) is 24.6 Å². The van der Waals surface area contributed by atoms with E-state index in [1.807, 2.05) is 24.3 Å². The summed E-state index contributed by atoms with van der Waals surface area (Å²) in [5.74, 6) is 0.355. The van der Waals surface area contributed by atoms with Crippen LogP contribution in [0.1, 0.15) is 24.7 Å². The van der Waals surface area contributed by atoms with Crippen molar-refractivity contribution in [1.29, 1.82) is 5.26 Å². The molecule has 2 rings (SSSR count). The Morgan fingerprint density at radius 3 is 3.00 bits per heavy atom. The van der Waals surface area contributed by atoms with Gasteiger partial charge in [-0.05, 0) is 30.7 Å². The highest BCUT2D eigenvalue weighted by Gasteiger charge is 2.06. The first-order valence-electron chi connectivity index (χ1n) is 6.19. The number of nitriles is 1. The summed E-state index contributed by atoms with van der Waals surface area (Å²) in [7, 11) is 0. The average Bonchev–Trinajstić information content (AvgIpc) is 2.89. The zero-order chi connectivity index (χ0) is 13.7. The van der Waals surface area contributed by atoms with Gasteiger partial charge in [-0.2, -0.15) is 5.26 Å². The lowest BCUT2D eigenvalue weighted by Crippen LogP contribution is -2.14. The third-order valence-electron chi connectivity index (χ3n) is 2.80. The molecule has 0 saturated carbocycles. The first-order chi connectivity index (χ1) is 9.26. The fourth-order valence-corrected chi connectivity index (χ4v) is 2.07. The van der Waals surface area contributed by atoms with Gasteiger partial charge in [0.05, 0.1) is 0 Å². The van der Waals surface area contributed by atoms with Crippen molar-refractivity contribution in [3.63, 3.8) is 0 Å². The number of hydrogen-bond acceptors (Lipinski definition) is 3. The molecule has 1 aromatic carbocycles. The van der Waals surface area contributed by atoms with Crippen LogP contribution >= 0.6 is 11.6 Å². The van der Waals surface area contributed by atoms with E-state index in [1.54, 1.807) is 17.0 Å². The fraction of sp³-hybridized carbons (Fsp3) is 0.286. The van der Waals surface area contributed by atoms with Crippen molar-refractivity contribution in [2.24, 2.45) is 0 Å². The molecular formula is C14H15ClN4. The largest absolute Gasteiger partial charge is 0.313 e. The minimum absolute atomic E-state index is 0.355. The van der Waals surface area contributed by atoms with Crippen LogP contribution in [-0.4, -0.2) is 16.1 Å². The minimum Gasteiger partial charge on any atom is -0.313 e. The lowest BCUT2D eigenvalue weighted by molar-refractivity contribution is 0.675. The summed E-state index contributed by atoms with van der Waals surface area (Å²) < 4.78 is 1.72. The zero-order valence-electron chi connectivity index (χ0n) is 10.7. The Morgan fingerprint density at radius 2 is 2.32 bits per heavy atom. The number of nitrogens with one attached hydrogen (secondary N) is 1. The van der Waals surface area contributed by atoms with Crippen LogP contribution in [0, 0.1) is 11.3 Å². The van der Waals surface area contributed by atoms with Crippen molar-refractivity contribution in [3.8, 4) is 11.8 Å². The topological polar surface area (TPSA) is 53.6 Å². The summed E-state index contributed by atoms with van der Waals surface area (Å²) in [6.07, 6.45) is 4.44. The van der Waals surface area contributed by atoms with Gasteiger partial charge < -0.3 is 5.32 Å². The van der Waals surface area contributed by atoms with Gasteiger partial charge in [0.2, 0.25) is 5.82 Å². The molecule has 0 radical (unpaired) electrons. The van der Waals surface area contributed by atoms with Crippen molar-refractivity contribution < 1.29 is 0 Å². The van der Waals surface area contributed by atoms with Gasteiger partial charge in [0.15, 0.2) is 0 Å². The summed E-state index contributed by atoms with van der Waals surface area (Å²) in [6, 6.07) is 7.82. The van der Waals surface area contributed by atoms with E-state index in [0.717, 1.165) is 30.8 Å². The van der Waals surface area contributed by atoms with Crippen LogP contribution in [0.3, 0.4) is 0 Å². The Morgan fingerprint density at radius 1 is 1.47 bits per heavy atom. The fourth-order valence-electron chi connectivity index (χ4n) is 1.82. The van der Waals surface area contributed by atoms with E-state index in [4.69, 9.17) is 16.9 Å². The van der Waals surface area contributed by atoms with Gasteiger partial charge >= 0.3 is 0 Å². The molecule has 4 nitrogen and oxygen atoms in total. The van der Waals surface area contributed by atoms with E-state index >= 15 is 0 Å². The Bertz CT molecular complexity index is 598. The molecule has 98 valence electrons. The molecule has 1 N–H and O–H groups in total. The molecule has 0 amide bonds. The van der Waals surface area contributed by atoms with Crippen molar-refractivity contribution in [1.82, 2.24) is 14.9 Å². The minimum atomic E-state index is 0.355. The molecule has 0 aliphatic heterocycles. The molecular weight excluding hydrogens is 260 g/mol. The highest BCUT2D eigenvalue weighted by molar-refractivity contribution is 6.31. The Hall–Kier alpha value is -1.83. The number of halogens is 1. The predicted octanol–water partition coefficient (Wildman–Crippen LogP) is 2.90. The quantitative estimate of drug-likeness (QED) is 0.853. The smallest absolute Gasteiger partial charge is 0.217 e. The van der Waals surface area contributed by atoms with Gasteiger partial charge in [0.1, 0.15) is 6.07 Å². The molecule has 1 aromatic heterocycles. The van der Waals surface area contributed by atoms with E-state index in [2.05, 4.69) is 17.2 Å². The van der Waals surface area contributed by atoms with Gasteiger partial charge in [-0.25, -0.2) is 4.98 Å². The molecule has 0 fully saturated rings. The molecule has 0 aliphatic carbocycles. The van der Waals surface area contributed by atoms with E-state index in [1.165, 1.54) is 0 Å². The molecule has 2 aromatic rings. The Labute approximate surface area is 117 Å². The number of imidazole rings is 1. The summed E-state index contributed by atoms with van der Waals surface area (Å²) in [5.41, 5.74) is 1.90. The van der Waals surface area contributed by atoms with Crippen LogP contribution in [0.2, 0.25) is 5.02 Å². The van der Waals surface area contributed by atoms with Crippen LogP contribution in [0.5, 0.6) is 0 Å². The van der Waals surface area contributed by atoms with Crippen molar-refractivity contribution in [3.05, 3.63) is 47.0 Å². The second-order valence-corrected chi connectivity index (χ2v) is 4.59. The van der Waals surface area contributed by atoms with Gasteiger partial charge in [0.25, 0.3) is 0 Å². The van der Waals surface area contributed by atoms with E-state index in [-0.39, 0.29) is 0 Å². The Balaban J connectivity index is 2.22. The number of aromatic nitrogens is 2. The molecule has 0 aliphatic rings. The molecule has 0 bridgehead atoms. The molecule has 5 heteroatoms. The Kier molecular flexibility index (Phi) is 4.56. The lowest BCUT2D eigenvalue weighted by Gasteiger charge is -2.09. The summed E-state index contributed by atoms with van der Waals surface area (Å²) >= 11 is 6.26. The maximum atomic E-state index is 8.96. The van der Waals surface area contributed by atoms with E-state index < -0.39 is 0 Å². The van der Waals surface area contributed by atoms with Crippen molar-refractivity contribution >= 4 is 11.6 Å². The predicted molar refractivity (Wildman–Crippen MR) is 75.3 cm³/mol. The molecule has 0 spiro atoms. The molecule has 0 saturated heterocycles. The standard InChI is InChI=1S/C14H15ClN4/c1-2-5-17-10-11-3-4-12(8-13(11)15)19-7-6-18-14(19)9-16/h3-4,6-8,17H,2,5,10H2,1H3. The van der Waals surface area contributed by atoms with Crippen molar-refractivity contribution in [2.45, 2.75) is 19.9 Å². The maximum Gasteiger partial charge on any atom is 0.217 e. The van der Waals surface area contributed by atoms with Gasteiger partial charge in [-0.15, -0.1) is 0 Å². The summed E-state index contributed by atoms with van der Waals surface area (Å²) in [4.78, 5) is 3.97. The normalized spacial score (nSPS) is 10.4. The van der Waals surface area contributed by atoms with Crippen LogP contribution < -0.4 is 5.32 Å². The maximum absolute atomic E-state index is 8.96. The zero-order valence-corrected chi connectivity index (χ0v) is 11.5. The van der Waals surface area contributed by atoms with Crippen LogP contribution in [0.25, 0.3) is 5.69 Å². The molecule has 0 unspecified atom stereocenters.